The Hall–Kier alpha value is -1.08. The molecule has 1 nitrogen and oxygen atoms in total. The molecule has 1 atom stereocenters. The van der Waals surface area contributed by atoms with Crippen LogP contribution in [0.1, 0.15) is 26.3 Å². The Bertz CT molecular complexity index is 293. The standard InChI is InChI=1S/C13H18O/c1-13(2,3)12(14)10-9-11-7-5-4-6-8-11/h4-10,12,14H,1-3H3/b10-9+/t12-/m0/s1. The van der Waals surface area contributed by atoms with Crippen molar-refractivity contribution in [2.75, 3.05) is 0 Å². The lowest BCUT2D eigenvalue weighted by Gasteiger charge is -2.22. The molecule has 1 N–H and O–H groups in total. The van der Waals surface area contributed by atoms with Gasteiger partial charge in [-0.15, -0.1) is 0 Å². The van der Waals surface area contributed by atoms with Crippen LogP contribution in [0.25, 0.3) is 6.08 Å². The van der Waals surface area contributed by atoms with Crippen LogP contribution in [0.15, 0.2) is 36.4 Å². The molecule has 1 aromatic rings. The summed E-state index contributed by atoms with van der Waals surface area (Å²) >= 11 is 0. The average molecular weight is 190 g/mol. The molecule has 76 valence electrons. The molecule has 0 spiro atoms. The first kappa shape index (κ1) is 11.0. The van der Waals surface area contributed by atoms with Crippen molar-refractivity contribution in [3.63, 3.8) is 0 Å². The van der Waals surface area contributed by atoms with Gasteiger partial charge in [-0.25, -0.2) is 0 Å². The van der Waals surface area contributed by atoms with Crippen molar-refractivity contribution in [1.82, 2.24) is 0 Å². The molecule has 0 saturated heterocycles. The highest BCUT2D eigenvalue weighted by atomic mass is 16.3. The quantitative estimate of drug-likeness (QED) is 0.759. The van der Waals surface area contributed by atoms with E-state index >= 15 is 0 Å². The van der Waals surface area contributed by atoms with Crippen LogP contribution >= 0.6 is 0 Å². The summed E-state index contributed by atoms with van der Waals surface area (Å²) in [5, 5.41) is 9.76. The Morgan fingerprint density at radius 3 is 2.21 bits per heavy atom. The Kier molecular flexibility index (Phi) is 3.48. The van der Waals surface area contributed by atoms with Crippen LogP contribution in [0.4, 0.5) is 0 Å². The first-order valence-corrected chi connectivity index (χ1v) is 4.91. The highest BCUT2D eigenvalue weighted by Gasteiger charge is 2.18. The molecule has 0 saturated carbocycles. The van der Waals surface area contributed by atoms with Gasteiger partial charge in [-0.2, -0.15) is 0 Å². The van der Waals surface area contributed by atoms with Crippen LogP contribution < -0.4 is 0 Å². The molecule has 0 aliphatic rings. The second-order valence-corrected chi connectivity index (χ2v) is 4.58. The first-order chi connectivity index (χ1) is 6.50. The highest BCUT2D eigenvalue weighted by molar-refractivity contribution is 5.49. The smallest absolute Gasteiger partial charge is 0.0772 e. The molecule has 0 aliphatic carbocycles. The van der Waals surface area contributed by atoms with Gasteiger partial charge in [0.2, 0.25) is 0 Å². The zero-order valence-electron chi connectivity index (χ0n) is 9.07. The van der Waals surface area contributed by atoms with E-state index in [9.17, 15) is 5.11 Å². The van der Waals surface area contributed by atoms with E-state index in [1.807, 2.05) is 63.3 Å². The van der Waals surface area contributed by atoms with E-state index in [0.29, 0.717) is 0 Å². The summed E-state index contributed by atoms with van der Waals surface area (Å²) < 4.78 is 0. The van der Waals surface area contributed by atoms with Gasteiger partial charge in [0.25, 0.3) is 0 Å². The van der Waals surface area contributed by atoms with Crippen molar-refractivity contribution in [2.45, 2.75) is 26.9 Å². The van der Waals surface area contributed by atoms with Crippen molar-refractivity contribution < 1.29 is 5.11 Å². The molecule has 0 unspecified atom stereocenters. The minimum Gasteiger partial charge on any atom is -0.388 e. The molecule has 14 heavy (non-hydrogen) atoms. The van der Waals surface area contributed by atoms with Gasteiger partial charge in [0.15, 0.2) is 0 Å². The lowest BCUT2D eigenvalue weighted by Crippen LogP contribution is -2.23. The van der Waals surface area contributed by atoms with Crippen molar-refractivity contribution in [2.24, 2.45) is 5.41 Å². The zero-order valence-corrected chi connectivity index (χ0v) is 9.07. The van der Waals surface area contributed by atoms with Gasteiger partial charge < -0.3 is 5.11 Å². The van der Waals surface area contributed by atoms with Gasteiger partial charge in [-0.3, -0.25) is 0 Å². The second-order valence-electron chi connectivity index (χ2n) is 4.58. The molecule has 1 heteroatoms. The first-order valence-electron chi connectivity index (χ1n) is 4.91. The third-order valence-electron chi connectivity index (χ3n) is 2.16. The summed E-state index contributed by atoms with van der Waals surface area (Å²) in [4.78, 5) is 0. The minimum absolute atomic E-state index is 0.0920. The second kappa shape index (κ2) is 4.43. The molecular weight excluding hydrogens is 172 g/mol. The Morgan fingerprint density at radius 1 is 1.14 bits per heavy atom. The summed E-state index contributed by atoms with van der Waals surface area (Å²) in [5.74, 6) is 0. The maximum atomic E-state index is 9.76. The number of aliphatic hydroxyl groups is 1. The number of hydrogen-bond acceptors (Lipinski definition) is 1. The lowest BCUT2D eigenvalue weighted by atomic mass is 9.89. The van der Waals surface area contributed by atoms with Gasteiger partial charge >= 0.3 is 0 Å². The molecule has 0 bridgehead atoms. The van der Waals surface area contributed by atoms with Crippen LogP contribution in [0.5, 0.6) is 0 Å². The molecule has 0 amide bonds. The summed E-state index contributed by atoms with van der Waals surface area (Å²) in [6.45, 7) is 6.06. The molecule has 1 aromatic carbocycles. The van der Waals surface area contributed by atoms with E-state index in [-0.39, 0.29) is 5.41 Å². The van der Waals surface area contributed by atoms with E-state index in [2.05, 4.69) is 0 Å². The highest BCUT2D eigenvalue weighted by Crippen LogP contribution is 2.20. The van der Waals surface area contributed by atoms with E-state index in [1.54, 1.807) is 0 Å². The van der Waals surface area contributed by atoms with Crippen molar-refractivity contribution in [3.05, 3.63) is 42.0 Å². The van der Waals surface area contributed by atoms with Crippen molar-refractivity contribution >= 4 is 6.08 Å². The van der Waals surface area contributed by atoms with Crippen LogP contribution in [0.2, 0.25) is 0 Å². The van der Waals surface area contributed by atoms with Crippen molar-refractivity contribution in [1.29, 1.82) is 0 Å². The Balaban J connectivity index is 2.66. The largest absolute Gasteiger partial charge is 0.388 e. The summed E-state index contributed by atoms with van der Waals surface area (Å²) in [6, 6.07) is 10.0. The SMILES string of the molecule is CC(C)(C)[C@@H](O)/C=C/c1ccccc1. The van der Waals surface area contributed by atoms with Crippen LogP contribution in [-0.4, -0.2) is 11.2 Å². The summed E-state index contributed by atoms with van der Waals surface area (Å²) in [7, 11) is 0. The third kappa shape index (κ3) is 3.35. The predicted octanol–water partition coefficient (Wildman–Crippen LogP) is 3.11. The predicted molar refractivity (Wildman–Crippen MR) is 60.9 cm³/mol. The third-order valence-corrected chi connectivity index (χ3v) is 2.16. The van der Waals surface area contributed by atoms with Gasteiger partial charge in [-0.05, 0) is 11.0 Å². The number of benzene rings is 1. The molecule has 0 fully saturated rings. The summed E-state index contributed by atoms with van der Waals surface area (Å²) in [6.07, 6.45) is 3.40. The summed E-state index contributed by atoms with van der Waals surface area (Å²) in [5.41, 5.74) is 1.03. The maximum absolute atomic E-state index is 9.76. The molecule has 0 aromatic heterocycles. The molecule has 0 aliphatic heterocycles. The minimum atomic E-state index is -0.400. The Morgan fingerprint density at radius 2 is 1.71 bits per heavy atom. The van der Waals surface area contributed by atoms with E-state index in [1.165, 1.54) is 0 Å². The number of rotatable bonds is 2. The van der Waals surface area contributed by atoms with Crippen LogP contribution in [0, 0.1) is 5.41 Å². The van der Waals surface area contributed by atoms with Gasteiger partial charge in [-0.1, -0.05) is 63.3 Å². The zero-order chi connectivity index (χ0) is 10.6. The van der Waals surface area contributed by atoms with Crippen molar-refractivity contribution in [3.8, 4) is 0 Å². The topological polar surface area (TPSA) is 20.2 Å². The van der Waals surface area contributed by atoms with E-state index in [0.717, 1.165) is 5.56 Å². The monoisotopic (exact) mass is 190 g/mol. The Labute approximate surface area is 86.1 Å². The lowest BCUT2D eigenvalue weighted by molar-refractivity contribution is 0.106. The number of hydrogen-bond donors (Lipinski definition) is 1. The molecule has 0 heterocycles. The normalized spacial score (nSPS) is 14.6. The van der Waals surface area contributed by atoms with E-state index in [4.69, 9.17) is 0 Å². The van der Waals surface area contributed by atoms with Gasteiger partial charge in [0.05, 0.1) is 6.10 Å². The van der Waals surface area contributed by atoms with Crippen LogP contribution in [-0.2, 0) is 0 Å². The molecule has 0 radical (unpaired) electrons. The fourth-order valence-electron chi connectivity index (χ4n) is 1.06. The maximum Gasteiger partial charge on any atom is 0.0772 e. The molecule has 1 rings (SSSR count). The van der Waals surface area contributed by atoms with Gasteiger partial charge in [0.1, 0.15) is 0 Å². The number of aliphatic hydroxyl groups excluding tert-OH is 1. The van der Waals surface area contributed by atoms with Crippen LogP contribution in [0.3, 0.4) is 0 Å². The fraction of sp³-hybridized carbons (Fsp3) is 0.385. The van der Waals surface area contributed by atoms with Gasteiger partial charge in [0, 0.05) is 0 Å². The average Bonchev–Trinajstić information content (AvgIpc) is 2.14. The fourth-order valence-corrected chi connectivity index (χ4v) is 1.06. The molecular formula is C13H18O. The van der Waals surface area contributed by atoms with E-state index < -0.39 is 6.10 Å².